The fraction of sp³-hybridized carbons (Fsp3) is 0.682. The van der Waals surface area contributed by atoms with Gasteiger partial charge in [0, 0.05) is 45.7 Å². The van der Waals surface area contributed by atoms with Crippen molar-refractivity contribution in [3.8, 4) is 0 Å². The molecule has 3 heterocycles. The quantitative estimate of drug-likeness (QED) is 0.416. The lowest BCUT2D eigenvalue weighted by atomic mass is 9.78. The highest BCUT2D eigenvalue weighted by atomic mass is 19.4. The third-order valence-corrected chi connectivity index (χ3v) is 5.71. The molecule has 2 fully saturated rings. The Bertz CT molecular complexity index is 774. The Kier molecular flexibility index (Phi) is 12.6. The van der Waals surface area contributed by atoms with Crippen LogP contribution in [0.15, 0.2) is 24.4 Å². The molecule has 8 nitrogen and oxygen atoms in total. The molecule has 2 saturated heterocycles. The molecule has 3 rings (SSSR count). The number of hydrogen-bond acceptors (Lipinski definition) is 6. The van der Waals surface area contributed by atoms with Gasteiger partial charge in [0.25, 0.3) is 0 Å². The molecule has 0 saturated carbocycles. The molecule has 1 aromatic rings. The molecule has 0 aromatic carbocycles. The summed E-state index contributed by atoms with van der Waals surface area (Å²) in [5.41, 5.74) is 1.29. The van der Waals surface area contributed by atoms with Gasteiger partial charge in [0.2, 0.25) is 0 Å². The highest BCUT2D eigenvalue weighted by molar-refractivity contribution is 5.73. The second-order valence-corrected chi connectivity index (χ2v) is 8.09. The van der Waals surface area contributed by atoms with E-state index in [-0.39, 0.29) is 5.60 Å². The fourth-order valence-electron chi connectivity index (χ4n) is 3.93. The number of pyridine rings is 1. The van der Waals surface area contributed by atoms with Gasteiger partial charge in [0.15, 0.2) is 0 Å². The number of carbonyl (C=O) groups is 2. The number of carboxylic acid groups (broad SMARTS) is 2. The summed E-state index contributed by atoms with van der Waals surface area (Å²) in [6, 6.07) is 6.16. The summed E-state index contributed by atoms with van der Waals surface area (Å²) < 4.78 is 75.3. The molecular formula is C22H30F6N2O6. The van der Waals surface area contributed by atoms with E-state index in [1.165, 1.54) is 12.1 Å². The van der Waals surface area contributed by atoms with Crippen molar-refractivity contribution >= 4 is 11.9 Å². The average molecular weight is 532 g/mol. The van der Waals surface area contributed by atoms with Gasteiger partial charge in [-0.1, -0.05) is 6.07 Å². The van der Waals surface area contributed by atoms with E-state index < -0.39 is 24.3 Å². The number of rotatable bonds is 6. The normalized spacial score (nSPS) is 19.6. The highest BCUT2D eigenvalue weighted by Crippen LogP contribution is 2.42. The minimum Gasteiger partial charge on any atom is -0.475 e. The predicted octanol–water partition coefficient (Wildman–Crippen LogP) is 4.15. The van der Waals surface area contributed by atoms with Crippen molar-refractivity contribution in [3.05, 3.63) is 30.1 Å². The first kappa shape index (κ1) is 31.6. The largest absolute Gasteiger partial charge is 0.490 e. The summed E-state index contributed by atoms with van der Waals surface area (Å²) in [6.45, 7) is 7.88. The van der Waals surface area contributed by atoms with Crippen LogP contribution in [-0.4, -0.2) is 82.9 Å². The average Bonchev–Trinajstić information content (AvgIpc) is 3.18. The summed E-state index contributed by atoms with van der Waals surface area (Å²) in [6.07, 6.45) is -3.64. The maximum absolute atomic E-state index is 10.6. The number of likely N-dealkylation sites (tertiary alicyclic amines) is 1. The third kappa shape index (κ3) is 11.1. The number of aliphatic carboxylic acids is 2. The van der Waals surface area contributed by atoms with Crippen LogP contribution in [0.1, 0.15) is 38.3 Å². The fourth-order valence-corrected chi connectivity index (χ4v) is 3.93. The molecule has 0 bridgehead atoms. The Morgan fingerprint density at radius 3 is 2.11 bits per heavy atom. The topological polar surface area (TPSA) is 109 Å². The van der Waals surface area contributed by atoms with Crippen LogP contribution in [0, 0.1) is 5.92 Å². The van der Waals surface area contributed by atoms with Gasteiger partial charge in [-0.15, -0.1) is 0 Å². The number of nitrogens with zero attached hydrogens (tertiary/aromatic N) is 2. The number of halogens is 6. The van der Waals surface area contributed by atoms with Gasteiger partial charge in [-0.3, -0.25) is 9.88 Å². The van der Waals surface area contributed by atoms with Crippen molar-refractivity contribution in [2.24, 2.45) is 5.92 Å². The number of aromatic nitrogens is 1. The minimum absolute atomic E-state index is 0.123. The lowest BCUT2D eigenvalue weighted by molar-refractivity contribution is -0.193. The summed E-state index contributed by atoms with van der Waals surface area (Å²) in [7, 11) is 0. The molecule has 2 N–H and O–H groups in total. The first-order valence-corrected chi connectivity index (χ1v) is 11.2. The molecule has 0 amide bonds. The van der Waals surface area contributed by atoms with Crippen LogP contribution in [0.2, 0.25) is 0 Å². The Balaban J connectivity index is 0.000000383. The first-order valence-electron chi connectivity index (χ1n) is 11.2. The van der Waals surface area contributed by atoms with Crippen molar-refractivity contribution in [2.45, 2.75) is 57.1 Å². The molecule has 0 radical (unpaired) electrons. The molecule has 14 heteroatoms. The molecule has 1 spiro atoms. The van der Waals surface area contributed by atoms with Crippen LogP contribution >= 0.6 is 0 Å². The van der Waals surface area contributed by atoms with Gasteiger partial charge in [-0.25, -0.2) is 9.59 Å². The predicted molar refractivity (Wildman–Crippen MR) is 114 cm³/mol. The van der Waals surface area contributed by atoms with Crippen LogP contribution in [0.5, 0.6) is 0 Å². The van der Waals surface area contributed by atoms with Crippen LogP contribution in [0.4, 0.5) is 26.3 Å². The number of hydrogen-bond donors (Lipinski definition) is 2. The van der Waals surface area contributed by atoms with Gasteiger partial charge in [-0.2, -0.15) is 26.3 Å². The van der Waals surface area contributed by atoms with Crippen LogP contribution in [0.3, 0.4) is 0 Å². The molecule has 36 heavy (non-hydrogen) atoms. The lowest BCUT2D eigenvalue weighted by Crippen LogP contribution is -2.47. The molecule has 0 aliphatic carbocycles. The molecule has 2 aliphatic heterocycles. The molecule has 2 aliphatic rings. The number of piperidine rings is 1. The summed E-state index contributed by atoms with van der Waals surface area (Å²) in [5.74, 6) is -4.84. The van der Waals surface area contributed by atoms with Gasteiger partial charge >= 0.3 is 24.3 Å². The summed E-state index contributed by atoms with van der Waals surface area (Å²) in [5, 5.41) is 14.2. The van der Waals surface area contributed by atoms with E-state index in [0.717, 1.165) is 58.7 Å². The smallest absolute Gasteiger partial charge is 0.475 e. The van der Waals surface area contributed by atoms with Crippen molar-refractivity contribution in [1.82, 2.24) is 9.88 Å². The van der Waals surface area contributed by atoms with Crippen molar-refractivity contribution in [1.29, 1.82) is 0 Å². The number of ether oxygens (including phenoxy) is 2. The Labute approximate surface area is 204 Å². The second-order valence-electron chi connectivity index (χ2n) is 8.09. The van der Waals surface area contributed by atoms with Crippen LogP contribution in [0.25, 0.3) is 0 Å². The molecule has 206 valence electrons. The molecule has 1 atom stereocenters. The first-order chi connectivity index (χ1) is 16.7. The third-order valence-electron chi connectivity index (χ3n) is 5.71. The zero-order valence-electron chi connectivity index (χ0n) is 19.6. The van der Waals surface area contributed by atoms with E-state index in [0.29, 0.717) is 5.92 Å². The van der Waals surface area contributed by atoms with Crippen LogP contribution < -0.4 is 0 Å². The number of alkyl halides is 6. The zero-order chi connectivity index (χ0) is 27.4. The summed E-state index contributed by atoms with van der Waals surface area (Å²) in [4.78, 5) is 24.7. The number of carboxylic acids is 2. The molecule has 1 unspecified atom stereocenters. The van der Waals surface area contributed by atoms with Crippen molar-refractivity contribution < 1.29 is 55.6 Å². The Hall–Kier alpha value is -2.45. The molecule has 1 aromatic heterocycles. The SMILES string of the molecule is CCOCCC1CCOC12CCN(Cc1ccccn1)CC2.O=C(O)C(F)(F)F.O=C(O)C(F)(F)F. The van der Waals surface area contributed by atoms with E-state index >= 15 is 0 Å². The summed E-state index contributed by atoms with van der Waals surface area (Å²) >= 11 is 0. The maximum atomic E-state index is 10.6. The Morgan fingerprint density at radius 1 is 1.11 bits per heavy atom. The van der Waals surface area contributed by atoms with Gasteiger partial charge in [-0.05, 0) is 50.7 Å². The zero-order valence-corrected chi connectivity index (χ0v) is 19.6. The molecular weight excluding hydrogens is 502 g/mol. The van der Waals surface area contributed by atoms with E-state index in [1.54, 1.807) is 0 Å². The maximum Gasteiger partial charge on any atom is 0.490 e. The monoisotopic (exact) mass is 532 g/mol. The minimum atomic E-state index is -5.08. The van der Waals surface area contributed by atoms with E-state index in [4.69, 9.17) is 29.3 Å². The van der Waals surface area contributed by atoms with E-state index in [1.807, 2.05) is 12.3 Å². The second kappa shape index (κ2) is 14.3. The van der Waals surface area contributed by atoms with Crippen LogP contribution in [-0.2, 0) is 25.6 Å². The highest BCUT2D eigenvalue weighted by Gasteiger charge is 2.45. The lowest BCUT2D eigenvalue weighted by Gasteiger charge is -2.42. The standard InChI is InChI=1S/C18H28N2O2.2C2HF3O2/c1-2-21-13-6-16-7-14-22-18(16)8-11-20(12-9-18)15-17-5-3-4-10-19-17;2*3-2(4,5)1(6)7/h3-5,10,16H,2,6-9,11-15H2,1H3;2*(H,6,7). The van der Waals surface area contributed by atoms with Crippen molar-refractivity contribution in [2.75, 3.05) is 32.9 Å². The van der Waals surface area contributed by atoms with Gasteiger partial charge in [0.1, 0.15) is 0 Å². The van der Waals surface area contributed by atoms with Gasteiger partial charge < -0.3 is 19.7 Å². The van der Waals surface area contributed by atoms with E-state index in [9.17, 15) is 26.3 Å². The van der Waals surface area contributed by atoms with E-state index in [2.05, 4.69) is 28.9 Å². The van der Waals surface area contributed by atoms with Crippen molar-refractivity contribution in [3.63, 3.8) is 0 Å². The Morgan fingerprint density at radius 2 is 1.67 bits per heavy atom. The van der Waals surface area contributed by atoms with Gasteiger partial charge in [0.05, 0.1) is 11.3 Å².